The van der Waals surface area contributed by atoms with Crippen molar-refractivity contribution in [3.05, 3.63) is 0 Å². The molecule has 0 bridgehead atoms. The second-order valence-electron chi connectivity index (χ2n) is 7.62. The smallest absolute Gasteiger partial charge is 0.331 e. The molecule has 2 rings (SSSR count). The Kier molecular flexibility index (Phi) is 9.01. The minimum atomic E-state index is -3.42. The molecule has 4 N–H and O–H groups in total. The number of aliphatic hydroxyl groups excluding tert-OH is 4. The molecule has 0 radical (unpaired) electrons. The lowest BCUT2D eigenvalue weighted by Gasteiger charge is -2.38. The molecule has 6 unspecified atom stereocenters. The first-order valence-corrected chi connectivity index (χ1v) is 11.8. The van der Waals surface area contributed by atoms with Gasteiger partial charge in [0.25, 0.3) is 0 Å². The van der Waals surface area contributed by atoms with Crippen LogP contribution in [-0.4, -0.2) is 63.2 Å². The molecule has 1 saturated carbocycles. The Bertz CT molecular complexity index is 435. The van der Waals surface area contributed by atoms with Crippen LogP contribution in [0.1, 0.15) is 71.1 Å². The van der Waals surface area contributed by atoms with Gasteiger partial charge < -0.3 is 20.4 Å². The van der Waals surface area contributed by atoms with Crippen LogP contribution in [0.2, 0.25) is 0 Å². The van der Waals surface area contributed by atoms with E-state index in [0.29, 0.717) is 6.42 Å². The Morgan fingerprint density at radius 3 is 1.46 bits per heavy atom. The highest BCUT2D eigenvalue weighted by Crippen LogP contribution is 2.59. The molecule has 7 nitrogen and oxygen atoms in total. The van der Waals surface area contributed by atoms with E-state index >= 15 is 0 Å². The fourth-order valence-electron chi connectivity index (χ4n) is 3.72. The molecule has 2 aliphatic rings. The Hall–Kier alpha value is -0.0100. The van der Waals surface area contributed by atoms with Crippen LogP contribution < -0.4 is 0 Å². The monoisotopic (exact) mass is 394 g/mol. The summed E-state index contributed by atoms with van der Waals surface area (Å²) in [7, 11) is -3.42. The van der Waals surface area contributed by atoms with Gasteiger partial charge in [-0.05, 0) is 6.42 Å². The standard InChI is InChI=1S/C18H35O7P/c1-2-3-4-5-6-7-8-9-10-11-12-26(23)24-17-15(21)13(19)14(20)16(22)18(17)25-26/h13-22H,2-12H2,1H3. The predicted octanol–water partition coefficient (Wildman–Crippen LogP) is 2.34. The Morgan fingerprint density at radius 1 is 0.654 bits per heavy atom. The predicted molar refractivity (Wildman–Crippen MR) is 98.1 cm³/mol. The maximum atomic E-state index is 12.7. The molecule has 1 saturated heterocycles. The fourth-order valence-corrected chi connectivity index (χ4v) is 5.82. The van der Waals surface area contributed by atoms with Gasteiger partial charge in [-0.2, -0.15) is 0 Å². The van der Waals surface area contributed by atoms with Gasteiger partial charge in [0.2, 0.25) is 0 Å². The number of hydrogen-bond donors (Lipinski definition) is 4. The van der Waals surface area contributed by atoms with Crippen molar-refractivity contribution in [3.63, 3.8) is 0 Å². The summed E-state index contributed by atoms with van der Waals surface area (Å²) in [6.45, 7) is 2.21. The molecule has 26 heavy (non-hydrogen) atoms. The molecular formula is C18H35O7P. The molecule has 8 heteroatoms. The first kappa shape index (κ1) is 22.3. The summed E-state index contributed by atoms with van der Waals surface area (Å²) in [6, 6.07) is 0. The Balaban J connectivity index is 1.64. The highest BCUT2D eigenvalue weighted by atomic mass is 31.2. The van der Waals surface area contributed by atoms with Crippen LogP contribution in [0.4, 0.5) is 0 Å². The van der Waals surface area contributed by atoms with Crippen LogP contribution in [-0.2, 0) is 13.6 Å². The van der Waals surface area contributed by atoms with Crippen molar-refractivity contribution in [2.24, 2.45) is 0 Å². The van der Waals surface area contributed by atoms with Gasteiger partial charge in [0.1, 0.15) is 36.6 Å². The summed E-state index contributed by atoms with van der Waals surface area (Å²) in [6.07, 6.45) is 3.68. The van der Waals surface area contributed by atoms with Gasteiger partial charge in [-0.3, -0.25) is 13.6 Å². The van der Waals surface area contributed by atoms with Gasteiger partial charge in [0, 0.05) is 0 Å². The molecule has 0 aromatic heterocycles. The zero-order valence-corrected chi connectivity index (χ0v) is 16.6. The van der Waals surface area contributed by atoms with E-state index in [0.717, 1.165) is 12.8 Å². The average molecular weight is 394 g/mol. The summed E-state index contributed by atoms with van der Waals surface area (Å²) < 4.78 is 23.5. The number of fused-ring (bicyclic) bond motifs is 1. The molecular weight excluding hydrogens is 359 g/mol. The van der Waals surface area contributed by atoms with Gasteiger partial charge in [0.15, 0.2) is 0 Å². The SMILES string of the molecule is CCCCCCCCCCCCP1(=O)OC2C(O)C(O)C(O)C(O)C2O1. The van der Waals surface area contributed by atoms with Gasteiger partial charge in [-0.15, -0.1) is 0 Å². The minimum absolute atomic E-state index is 0.224. The summed E-state index contributed by atoms with van der Waals surface area (Å²) in [4.78, 5) is 0. The van der Waals surface area contributed by atoms with Crippen LogP contribution >= 0.6 is 7.60 Å². The first-order chi connectivity index (χ1) is 12.4. The first-order valence-electron chi connectivity index (χ1n) is 10.1. The van der Waals surface area contributed by atoms with Crippen molar-refractivity contribution in [1.82, 2.24) is 0 Å². The van der Waals surface area contributed by atoms with Crippen LogP contribution in [0.25, 0.3) is 0 Å². The maximum absolute atomic E-state index is 12.7. The quantitative estimate of drug-likeness (QED) is 0.314. The van der Waals surface area contributed by atoms with Gasteiger partial charge in [-0.1, -0.05) is 64.7 Å². The normalized spacial score (nSPS) is 39.9. The molecule has 2 fully saturated rings. The summed E-state index contributed by atoms with van der Waals surface area (Å²) in [5, 5.41) is 39.4. The van der Waals surface area contributed by atoms with Crippen molar-refractivity contribution in [2.75, 3.05) is 6.16 Å². The van der Waals surface area contributed by atoms with Gasteiger partial charge in [0.05, 0.1) is 6.16 Å². The Labute approximate surface area is 156 Å². The summed E-state index contributed by atoms with van der Waals surface area (Å²) in [5.41, 5.74) is 0. The second-order valence-corrected chi connectivity index (χ2v) is 9.71. The molecule has 0 spiro atoms. The molecule has 1 aliphatic carbocycles. The van der Waals surface area contributed by atoms with Crippen molar-refractivity contribution >= 4 is 7.60 Å². The molecule has 1 heterocycles. The average Bonchev–Trinajstić information content (AvgIpc) is 2.98. The number of unbranched alkanes of at least 4 members (excludes halogenated alkanes) is 9. The molecule has 0 aromatic carbocycles. The van der Waals surface area contributed by atoms with E-state index in [1.807, 2.05) is 0 Å². The molecule has 6 atom stereocenters. The second kappa shape index (κ2) is 10.5. The Morgan fingerprint density at radius 2 is 1.04 bits per heavy atom. The van der Waals surface area contributed by atoms with E-state index in [2.05, 4.69) is 6.92 Å². The lowest BCUT2D eigenvalue weighted by Crippen LogP contribution is -2.62. The van der Waals surface area contributed by atoms with E-state index in [4.69, 9.17) is 9.05 Å². The zero-order valence-electron chi connectivity index (χ0n) is 15.7. The van der Waals surface area contributed by atoms with Gasteiger partial charge in [-0.25, -0.2) is 0 Å². The van der Waals surface area contributed by atoms with Crippen molar-refractivity contribution < 1.29 is 34.0 Å². The fraction of sp³-hybridized carbons (Fsp3) is 1.00. The van der Waals surface area contributed by atoms with E-state index in [-0.39, 0.29) is 6.16 Å². The van der Waals surface area contributed by atoms with Crippen LogP contribution in [0.3, 0.4) is 0 Å². The topological polar surface area (TPSA) is 116 Å². The van der Waals surface area contributed by atoms with Crippen molar-refractivity contribution in [3.8, 4) is 0 Å². The minimum Gasteiger partial charge on any atom is -0.387 e. The molecule has 154 valence electrons. The zero-order chi connectivity index (χ0) is 19.2. The van der Waals surface area contributed by atoms with Crippen molar-refractivity contribution in [2.45, 2.75) is 108 Å². The summed E-state index contributed by atoms with van der Waals surface area (Å²) >= 11 is 0. The van der Waals surface area contributed by atoms with E-state index < -0.39 is 44.2 Å². The lowest BCUT2D eigenvalue weighted by atomic mass is 9.85. The third-order valence-corrected chi connectivity index (χ3v) is 7.39. The van der Waals surface area contributed by atoms with Crippen LogP contribution in [0, 0.1) is 0 Å². The molecule has 0 amide bonds. The number of hydrogen-bond acceptors (Lipinski definition) is 7. The third-order valence-electron chi connectivity index (χ3n) is 5.40. The molecule has 0 aromatic rings. The largest absolute Gasteiger partial charge is 0.387 e. The lowest BCUT2D eigenvalue weighted by molar-refractivity contribution is -0.192. The number of rotatable bonds is 11. The highest BCUT2D eigenvalue weighted by Gasteiger charge is 2.58. The summed E-state index contributed by atoms with van der Waals surface area (Å²) in [5.74, 6) is 0. The van der Waals surface area contributed by atoms with E-state index in [1.54, 1.807) is 0 Å². The maximum Gasteiger partial charge on any atom is 0.331 e. The van der Waals surface area contributed by atoms with E-state index in [1.165, 1.54) is 44.9 Å². The van der Waals surface area contributed by atoms with E-state index in [9.17, 15) is 25.0 Å². The highest BCUT2D eigenvalue weighted by molar-refractivity contribution is 7.54. The number of aliphatic hydroxyl groups is 4. The van der Waals surface area contributed by atoms with Gasteiger partial charge >= 0.3 is 7.60 Å². The molecule has 1 aliphatic heterocycles. The van der Waals surface area contributed by atoms with Crippen LogP contribution in [0.15, 0.2) is 0 Å². The van der Waals surface area contributed by atoms with Crippen molar-refractivity contribution in [1.29, 1.82) is 0 Å². The third kappa shape index (κ3) is 5.74. The van der Waals surface area contributed by atoms with Crippen LogP contribution in [0.5, 0.6) is 0 Å².